The van der Waals surface area contributed by atoms with Gasteiger partial charge in [-0.1, -0.05) is 11.6 Å². The lowest BCUT2D eigenvalue weighted by atomic mass is 10.1. The van der Waals surface area contributed by atoms with Gasteiger partial charge in [-0.3, -0.25) is 4.40 Å². The Balaban J connectivity index is 0.00000132. The molecule has 3 aromatic heterocycles. The van der Waals surface area contributed by atoms with Crippen LogP contribution in [0.2, 0.25) is 5.15 Å². The molecule has 112 valence electrons. The zero-order valence-corrected chi connectivity index (χ0v) is 13.5. The molecule has 0 saturated carbocycles. The van der Waals surface area contributed by atoms with Crippen molar-refractivity contribution in [3.8, 4) is 0 Å². The van der Waals surface area contributed by atoms with Gasteiger partial charge in [-0.05, 0) is 6.42 Å². The molecule has 1 atom stereocenters. The SMILES string of the molecule is Cl.Clc1nc2sccn2c1CNC1CCc2ncnn2C1. The molecule has 0 aromatic carbocycles. The highest BCUT2D eigenvalue weighted by Gasteiger charge is 2.20. The summed E-state index contributed by atoms with van der Waals surface area (Å²) in [6.07, 6.45) is 5.67. The van der Waals surface area contributed by atoms with Gasteiger partial charge < -0.3 is 5.32 Å². The number of halogens is 2. The molecule has 4 heterocycles. The fourth-order valence-corrected chi connectivity index (χ4v) is 3.63. The third-order valence-corrected chi connectivity index (χ3v) is 4.74. The summed E-state index contributed by atoms with van der Waals surface area (Å²) >= 11 is 7.79. The number of fused-ring (bicyclic) bond motifs is 2. The number of imidazole rings is 1. The van der Waals surface area contributed by atoms with Crippen LogP contribution >= 0.6 is 35.3 Å². The summed E-state index contributed by atoms with van der Waals surface area (Å²) < 4.78 is 4.02. The van der Waals surface area contributed by atoms with E-state index in [2.05, 4.69) is 20.4 Å². The maximum Gasteiger partial charge on any atom is 0.195 e. The lowest BCUT2D eigenvalue weighted by Crippen LogP contribution is -2.37. The first-order valence-corrected chi connectivity index (χ1v) is 7.77. The van der Waals surface area contributed by atoms with E-state index >= 15 is 0 Å². The van der Waals surface area contributed by atoms with Crippen molar-refractivity contribution in [3.63, 3.8) is 0 Å². The molecule has 0 bridgehead atoms. The van der Waals surface area contributed by atoms with Gasteiger partial charge in [0.25, 0.3) is 0 Å². The topological polar surface area (TPSA) is 60.0 Å². The van der Waals surface area contributed by atoms with Crippen molar-refractivity contribution in [2.45, 2.75) is 32.0 Å². The van der Waals surface area contributed by atoms with Crippen LogP contribution in [-0.2, 0) is 19.5 Å². The lowest BCUT2D eigenvalue weighted by molar-refractivity contribution is 0.356. The van der Waals surface area contributed by atoms with Crippen molar-refractivity contribution in [2.24, 2.45) is 0 Å². The Labute approximate surface area is 136 Å². The summed E-state index contributed by atoms with van der Waals surface area (Å²) in [6, 6.07) is 0.393. The first-order valence-electron chi connectivity index (χ1n) is 6.51. The summed E-state index contributed by atoms with van der Waals surface area (Å²) in [5, 5.41) is 10.4. The Kier molecular flexibility index (Phi) is 4.17. The van der Waals surface area contributed by atoms with Crippen LogP contribution in [0.4, 0.5) is 0 Å². The molecule has 0 saturated heterocycles. The Morgan fingerprint density at radius 1 is 1.48 bits per heavy atom. The van der Waals surface area contributed by atoms with Crippen LogP contribution in [0.1, 0.15) is 17.9 Å². The Morgan fingerprint density at radius 2 is 2.38 bits per heavy atom. The van der Waals surface area contributed by atoms with Crippen molar-refractivity contribution in [2.75, 3.05) is 0 Å². The van der Waals surface area contributed by atoms with Crippen LogP contribution in [0.15, 0.2) is 17.9 Å². The number of nitrogens with one attached hydrogen (secondary N) is 1. The summed E-state index contributed by atoms with van der Waals surface area (Å²) in [5.41, 5.74) is 1.02. The predicted molar refractivity (Wildman–Crippen MR) is 84.3 cm³/mol. The fraction of sp³-hybridized carbons (Fsp3) is 0.417. The van der Waals surface area contributed by atoms with E-state index in [4.69, 9.17) is 11.6 Å². The number of hydrogen-bond donors (Lipinski definition) is 1. The number of hydrogen-bond acceptors (Lipinski definition) is 5. The minimum atomic E-state index is 0. The van der Waals surface area contributed by atoms with Gasteiger partial charge in [0.05, 0.1) is 12.2 Å². The van der Waals surface area contributed by atoms with Crippen molar-refractivity contribution in [1.82, 2.24) is 29.5 Å². The lowest BCUT2D eigenvalue weighted by Gasteiger charge is -2.23. The monoisotopic (exact) mass is 344 g/mol. The molecule has 0 spiro atoms. The van der Waals surface area contributed by atoms with Gasteiger partial charge in [0, 0.05) is 30.6 Å². The van der Waals surface area contributed by atoms with Gasteiger partial charge in [-0.15, -0.1) is 23.7 Å². The molecule has 1 N–H and O–H groups in total. The zero-order chi connectivity index (χ0) is 13.5. The first-order chi connectivity index (χ1) is 9.81. The molecule has 4 rings (SSSR count). The largest absolute Gasteiger partial charge is 0.306 e. The van der Waals surface area contributed by atoms with Crippen LogP contribution in [0.25, 0.3) is 4.96 Å². The molecule has 6 nitrogen and oxygen atoms in total. The van der Waals surface area contributed by atoms with Crippen LogP contribution in [-0.4, -0.2) is 30.2 Å². The van der Waals surface area contributed by atoms with E-state index in [0.29, 0.717) is 17.7 Å². The van der Waals surface area contributed by atoms with Gasteiger partial charge >= 0.3 is 0 Å². The van der Waals surface area contributed by atoms with E-state index in [1.54, 1.807) is 17.7 Å². The molecule has 3 aromatic rings. The van der Waals surface area contributed by atoms with E-state index in [1.807, 2.05) is 20.7 Å². The fourth-order valence-electron chi connectivity index (χ4n) is 2.61. The number of nitrogens with zero attached hydrogens (tertiary/aromatic N) is 5. The smallest absolute Gasteiger partial charge is 0.195 e. The maximum absolute atomic E-state index is 6.20. The van der Waals surface area contributed by atoms with Crippen molar-refractivity contribution in [3.05, 3.63) is 34.6 Å². The number of rotatable bonds is 3. The van der Waals surface area contributed by atoms with Crippen LogP contribution in [0.5, 0.6) is 0 Å². The summed E-state index contributed by atoms with van der Waals surface area (Å²) in [7, 11) is 0. The number of aryl methyl sites for hydroxylation is 1. The highest BCUT2D eigenvalue weighted by atomic mass is 35.5. The molecule has 0 fully saturated rings. The Bertz CT molecular complexity index is 748. The van der Waals surface area contributed by atoms with Crippen LogP contribution in [0.3, 0.4) is 0 Å². The standard InChI is InChI=1S/C12H13ClN6S.ClH/c13-11-9(18-3-4-20-12(18)17-11)5-14-8-1-2-10-15-7-16-19(10)6-8;/h3-4,7-8,14H,1-2,5-6H2;1H. The highest BCUT2D eigenvalue weighted by Crippen LogP contribution is 2.21. The quantitative estimate of drug-likeness (QED) is 0.790. The normalized spacial score (nSPS) is 17.7. The van der Waals surface area contributed by atoms with E-state index in [0.717, 1.165) is 35.9 Å². The number of thiazole rings is 1. The van der Waals surface area contributed by atoms with Gasteiger partial charge in [0.2, 0.25) is 0 Å². The van der Waals surface area contributed by atoms with E-state index < -0.39 is 0 Å². The predicted octanol–water partition coefficient (Wildman–Crippen LogP) is 2.17. The van der Waals surface area contributed by atoms with Gasteiger partial charge in [0.1, 0.15) is 12.2 Å². The maximum atomic E-state index is 6.20. The van der Waals surface area contributed by atoms with Gasteiger partial charge in [-0.25, -0.2) is 14.6 Å². The average molecular weight is 345 g/mol. The van der Waals surface area contributed by atoms with E-state index in [-0.39, 0.29) is 12.4 Å². The minimum absolute atomic E-state index is 0. The highest BCUT2D eigenvalue weighted by molar-refractivity contribution is 7.15. The first kappa shape index (κ1) is 14.8. The molecule has 1 aliphatic rings. The van der Waals surface area contributed by atoms with E-state index in [1.165, 1.54) is 0 Å². The second-order valence-corrected chi connectivity index (χ2v) is 6.11. The second kappa shape index (κ2) is 5.92. The third kappa shape index (κ3) is 2.66. The average Bonchev–Trinajstić information content (AvgIpc) is 3.12. The molecule has 9 heteroatoms. The summed E-state index contributed by atoms with van der Waals surface area (Å²) in [6.45, 7) is 1.57. The third-order valence-electron chi connectivity index (χ3n) is 3.68. The van der Waals surface area contributed by atoms with E-state index in [9.17, 15) is 0 Å². The van der Waals surface area contributed by atoms with Crippen molar-refractivity contribution < 1.29 is 0 Å². The van der Waals surface area contributed by atoms with Crippen molar-refractivity contribution >= 4 is 40.3 Å². The molecule has 1 aliphatic heterocycles. The molecule has 21 heavy (non-hydrogen) atoms. The van der Waals surface area contributed by atoms with Gasteiger partial charge in [0.15, 0.2) is 10.1 Å². The molecule has 0 amide bonds. The summed E-state index contributed by atoms with van der Waals surface area (Å²) in [5.74, 6) is 1.07. The van der Waals surface area contributed by atoms with Crippen molar-refractivity contribution in [1.29, 1.82) is 0 Å². The molecule has 1 unspecified atom stereocenters. The molecule has 0 radical (unpaired) electrons. The van der Waals surface area contributed by atoms with Gasteiger partial charge in [-0.2, -0.15) is 5.10 Å². The Hall–Kier alpha value is -1.15. The molecular weight excluding hydrogens is 331 g/mol. The molecule has 0 aliphatic carbocycles. The minimum Gasteiger partial charge on any atom is -0.306 e. The molecular formula is C12H14Cl2N6S. The Morgan fingerprint density at radius 3 is 3.29 bits per heavy atom. The van der Waals surface area contributed by atoms with Crippen LogP contribution < -0.4 is 5.32 Å². The number of aromatic nitrogens is 5. The zero-order valence-electron chi connectivity index (χ0n) is 11.1. The second-order valence-electron chi connectivity index (χ2n) is 4.88. The summed E-state index contributed by atoms with van der Waals surface area (Å²) in [4.78, 5) is 9.52. The van der Waals surface area contributed by atoms with Crippen LogP contribution in [0, 0.1) is 0 Å².